The van der Waals surface area contributed by atoms with E-state index in [4.69, 9.17) is 9.47 Å². The minimum Gasteiger partial charge on any atom is -0.497 e. The van der Waals surface area contributed by atoms with E-state index in [9.17, 15) is 13.2 Å². The normalized spacial score (nSPS) is 11.2. The Labute approximate surface area is 107 Å². The highest BCUT2D eigenvalue weighted by molar-refractivity contribution is 5.35. The highest BCUT2D eigenvalue weighted by atomic mass is 19.4. The highest BCUT2D eigenvalue weighted by Gasteiger charge is 2.31. The van der Waals surface area contributed by atoms with Crippen molar-refractivity contribution in [2.45, 2.75) is 6.18 Å². The van der Waals surface area contributed by atoms with Gasteiger partial charge in [0.15, 0.2) is 0 Å². The third kappa shape index (κ3) is 3.37. The van der Waals surface area contributed by atoms with Crippen LogP contribution in [-0.4, -0.2) is 12.1 Å². The predicted octanol–water partition coefficient (Wildman–Crippen LogP) is 3.90. The second-order valence-electron chi connectivity index (χ2n) is 3.68. The zero-order valence-corrected chi connectivity index (χ0v) is 9.94. The molecule has 0 N–H and O–H groups in total. The number of pyridine rings is 1. The van der Waals surface area contributed by atoms with Gasteiger partial charge in [-0.15, -0.1) is 0 Å². The number of alkyl halides is 3. The van der Waals surface area contributed by atoms with E-state index in [1.54, 1.807) is 24.3 Å². The van der Waals surface area contributed by atoms with Crippen LogP contribution in [0.25, 0.3) is 0 Å². The standard InChI is InChI=1S/C13H10F3NO2/c1-18-10-2-4-11(5-3-10)19-12-6-9(7-17-8-12)13(14,15)16/h2-8H,1H3. The molecule has 0 saturated carbocycles. The summed E-state index contributed by atoms with van der Waals surface area (Å²) in [5, 5.41) is 0. The summed E-state index contributed by atoms with van der Waals surface area (Å²) in [6, 6.07) is 7.39. The van der Waals surface area contributed by atoms with Gasteiger partial charge in [0.25, 0.3) is 0 Å². The SMILES string of the molecule is COc1ccc(Oc2cncc(C(F)(F)F)c2)cc1. The lowest BCUT2D eigenvalue weighted by molar-refractivity contribution is -0.137. The molecule has 0 amide bonds. The molecule has 0 atom stereocenters. The molecule has 19 heavy (non-hydrogen) atoms. The number of nitrogens with zero attached hydrogens (tertiary/aromatic N) is 1. The van der Waals surface area contributed by atoms with Crippen molar-refractivity contribution >= 4 is 0 Å². The Morgan fingerprint density at radius 1 is 0.947 bits per heavy atom. The molecule has 100 valence electrons. The lowest BCUT2D eigenvalue weighted by Gasteiger charge is -2.09. The maximum absolute atomic E-state index is 12.5. The molecular weight excluding hydrogens is 259 g/mol. The molecule has 0 aliphatic carbocycles. The van der Waals surface area contributed by atoms with Crippen LogP contribution in [-0.2, 0) is 6.18 Å². The van der Waals surface area contributed by atoms with E-state index in [-0.39, 0.29) is 5.75 Å². The fraction of sp³-hybridized carbons (Fsp3) is 0.154. The molecule has 1 aromatic heterocycles. The van der Waals surface area contributed by atoms with Crippen LogP contribution < -0.4 is 9.47 Å². The molecule has 6 heteroatoms. The number of benzene rings is 1. The average molecular weight is 269 g/mol. The van der Waals surface area contributed by atoms with Crippen molar-refractivity contribution in [3.05, 3.63) is 48.3 Å². The Hall–Kier alpha value is -2.24. The summed E-state index contributed by atoms with van der Waals surface area (Å²) >= 11 is 0. The summed E-state index contributed by atoms with van der Waals surface area (Å²) in [7, 11) is 1.52. The van der Waals surface area contributed by atoms with Crippen molar-refractivity contribution in [3.8, 4) is 17.2 Å². The van der Waals surface area contributed by atoms with Gasteiger partial charge in [0, 0.05) is 6.20 Å². The van der Waals surface area contributed by atoms with Crippen LogP contribution in [0.4, 0.5) is 13.2 Å². The monoisotopic (exact) mass is 269 g/mol. The molecular formula is C13H10F3NO2. The topological polar surface area (TPSA) is 31.4 Å². The van der Waals surface area contributed by atoms with E-state index in [1.165, 1.54) is 13.3 Å². The van der Waals surface area contributed by atoms with Gasteiger partial charge in [-0.05, 0) is 30.3 Å². The number of methoxy groups -OCH3 is 1. The molecule has 0 fully saturated rings. The van der Waals surface area contributed by atoms with Crippen LogP contribution in [0.1, 0.15) is 5.56 Å². The zero-order valence-electron chi connectivity index (χ0n) is 9.94. The summed E-state index contributed by atoms with van der Waals surface area (Å²) in [6.45, 7) is 0. The van der Waals surface area contributed by atoms with E-state index in [2.05, 4.69) is 4.98 Å². The molecule has 2 rings (SSSR count). The van der Waals surface area contributed by atoms with Gasteiger partial charge in [0.2, 0.25) is 0 Å². The first-order valence-corrected chi connectivity index (χ1v) is 5.33. The second kappa shape index (κ2) is 5.17. The summed E-state index contributed by atoms with van der Waals surface area (Å²) in [5.41, 5.74) is -0.849. The van der Waals surface area contributed by atoms with Crippen molar-refractivity contribution in [3.63, 3.8) is 0 Å². The van der Waals surface area contributed by atoms with Crippen molar-refractivity contribution in [2.24, 2.45) is 0 Å². The molecule has 0 unspecified atom stereocenters. The van der Waals surface area contributed by atoms with Crippen LogP contribution >= 0.6 is 0 Å². The second-order valence-corrected chi connectivity index (χ2v) is 3.68. The van der Waals surface area contributed by atoms with Gasteiger partial charge in [-0.1, -0.05) is 0 Å². The third-order valence-corrected chi connectivity index (χ3v) is 2.34. The van der Waals surface area contributed by atoms with Gasteiger partial charge in [-0.2, -0.15) is 13.2 Å². The lowest BCUT2D eigenvalue weighted by atomic mass is 10.2. The fourth-order valence-corrected chi connectivity index (χ4v) is 1.41. The van der Waals surface area contributed by atoms with Gasteiger partial charge < -0.3 is 9.47 Å². The Balaban J connectivity index is 2.18. The summed E-state index contributed by atoms with van der Waals surface area (Å²) in [6.07, 6.45) is -2.47. The van der Waals surface area contributed by atoms with Crippen LogP contribution in [0.15, 0.2) is 42.7 Å². The highest BCUT2D eigenvalue weighted by Crippen LogP contribution is 2.32. The summed E-state index contributed by atoms with van der Waals surface area (Å²) < 4.78 is 47.7. The van der Waals surface area contributed by atoms with Crippen LogP contribution in [0, 0.1) is 0 Å². The minimum atomic E-state index is -4.44. The molecule has 1 aromatic carbocycles. The van der Waals surface area contributed by atoms with Gasteiger partial charge in [-0.3, -0.25) is 4.98 Å². The number of halogens is 3. The minimum absolute atomic E-state index is 0.0278. The average Bonchev–Trinajstić information content (AvgIpc) is 2.39. The first-order chi connectivity index (χ1) is 8.99. The molecule has 2 aromatic rings. The van der Waals surface area contributed by atoms with Gasteiger partial charge >= 0.3 is 6.18 Å². The maximum atomic E-state index is 12.5. The Morgan fingerprint density at radius 3 is 2.16 bits per heavy atom. The van der Waals surface area contributed by atoms with Crippen LogP contribution in [0.3, 0.4) is 0 Å². The van der Waals surface area contributed by atoms with Crippen molar-refractivity contribution < 1.29 is 22.6 Å². The summed E-state index contributed by atoms with van der Waals surface area (Å²) in [4.78, 5) is 3.51. The molecule has 0 aliphatic rings. The van der Waals surface area contributed by atoms with E-state index in [1.807, 2.05) is 0 Å². The van der Waals surface area contributed by atoms with Crippen molar-refractivity contribution in [1.82, 2.24) is 4.98 Å². The molecule has 0 saturated heterocycles. The number of rotatable bonds is 3. The van der Waals surface area contributed by atoms with Gasteiger partial charge in [0.1, 0.15) is 17.2 Å². The molecule has 3 nitrogen and oxygen atoms in total. The Morgan fingerprint density at radius 2 is 1.58 bits per heavy atom. The molecule has 1 heterocycles. The fourth-order valence-electron chi connectivity index (χ4n) is 1.41. The first-order valence-electron chi connectivity index (χ1n) is 5.33. The number of ether oxygens (including phenoxy) is 2. The number of hydrogen-bond acceptors (Lipinski definition) is 3. The number of hydrogen-bond donors (Lipinski definition) is 0. The van der Waals surface area contributed by atoms with Gasteiger partial charge in [-0.25, -0.2) is 0 Å². The molecule has 0 aliphatic heterocycles. The van der Waals surface area contributed by atoms with E-state index < -0.39 is 11.7 Å². The van der Waals surface area contributed by atoms with Crippen LogP contribution in [0.2, 0.25) is 0 Å². The van der Waals surface area contributed by atoms with E-state index in [0.29, 0.717) is 11.5 Å². The molecule has 0 radical (unpaired) electrons. The Kier molecular flexibility index (Phi) is 3.59. The lowest BCUT2D eigenvalue weighted by Crippen LogP contribution is -2.05. The zero-order chi connectivity index (χ0) is 13.9. The van der Waals surface area contributed by atoms with Crippen molar-refractivity contribution in [2.75, 3.05) is 7.11 Å². The predicted molar refractivity (Wildman–Crippen MR) is 62.3 cm³/mol. The third-order valence-electron chi connectivity index (χ3n) is 2.34. The van der Waals surface area contributed by atoms with E-state index >= 15 is 0 Å². The van der Waals surface area contributed by atoms with Gasteiger partial charge in [0.05, 0.1) is 18.9 Å². The largest absolute Gasteiger partial charge is 0.497 e. The molecule has 0 bridgehead atoms. The summed E-state index contributed by atoms with van der Waals surface area (Å²) in [5.74, 6) is 1.07. The van der Waals surface area contributed by atoms with Crippen LogP contribution in [0.5, 0.6) is 17.2 Å². The smallest absolute Gasteiger partial charge is 0.418 e. The molecule has 0 spiro atoms. The first kappa shape index (κ1) is 13.2. The Bertz CT molecular complexity index is 553. The maximum Gasteiger partial charge on any atom is 0.418 e. The van der Waals surface area contributed by atoms with E-state index in [0.717, 1.165) is 12.3 Å². The van der Waals surface area contributed by atoms with Crippen molar-refractivity contribution in [1.29, 1.82) is 0 Å². The number of aromatic nitrogens is 1. The quantitative estimate of drug-likeness (QED) is 0.846.